The number of nitrogens with one attached hydrogen (secondary N) is 2. The first-order valence-corrected chi connectivity index (χ1v) is 13.7. The van der Waals surface area contributed by atoms with Crippen LogP contribution in [0.5, 0.6) is 0 Å². The van der Waals surface area contributed by atoms with Crippen LogP contribution in [0.4, 0.5) is 11.4 Å². The lowest BCUT2D eigenvalue weighted by Gasteiger charge is -2.37. The Kier molecular flexibility index (Phi) is 7.93. The average molecular weight is 548 g/mol. The molecule has 0 bridgehead atoms. The number of hydrogen-bond acceptors (Lipinski definition) is 7. The fraction of sp³-hybridized carbons (Fsp3) is 0.433. The molecule has 2 amide bonds. The van der Waals surface area contributed by atoms with Gasteiger partial charge in [0.1, 0.15) is 11.3 Å². The van der Waals surface area contributed by atoms with Gasteiger partial charge < -0.3 is 30.4 Å². The lowest BCUT2D eigenvalue weighted by Crippen LogP contribution is -2.53. The molecule has 10 heteroatoms. The Morgan fingerprint density at radius 2 is 1.95 bits per heavy atom. The number of amides is 2. The molecule has 1 aromatic heterocycles. The summed E-state index contributed by atoms with van der Waals surface area (Å²) >= 11 is 0. The van der Waals surface area contributed by atoms with Gasteiger partial charge >= 0.3 is 5.97 Å². The van der Waals surface area contributed by atoms with E-state index in [1.807, 2.05) is 56.0 Å². The van der Waals surface area contributed by atoms with Gasteiger partial charge in [-0.15, -0.1) is 0 Å². The van der Waals surface area contributed by atoms with Crippen LogP contribution in [-0.4, -0.2) is 78.2 Å². The van der Waals surface area contributed by atoms with Crippen LogP contribution in [0, 0.1) is 0 Å². The van der Waals surface area contributed by atoms with Crippen LogP contribution in [-0.2, 0) is 25.5 Å². The number of aromatic nitrogens is 1. The zero-order chi connectivity index (χ0) is 28.4. The summed E-state index contributed by atoms with van der Waals surface area (Å²) in [5, 5.41) is 3.59. The van der Waals surface area contributed by atoms with Crippen LogP contribution >= 0.6 is 0 Å². The summed E-state index contributed by atoms with van der Waals surface area (Å²) in [6.45, 7) is 8.73. The van der Waals surface area contributed by atoms with Gasteiger partial charge in [0, 0.05) is 42.3 Å². The number of aromatic amines is 1. The number of fused-ring (bicyclic) bond motifs is 1. The van der Waals surface area contributed by atoms with Gasteiger partial charge in [0.15, 0.2) is 0 Å². The van der Waals surface area contributed by atoms with Gasteiger partial charge in [-0.2, -0.15) is 0 Å². The summed E-state index contributed by atoms with van der Waals surface area (Å²) in [5.74, 6) is -0.720. The van der Waals surface area contributed by atoms with E-state index < -0.39 is 17.6 Å². The summed E-state index contributed by atoms with van der Waals surface area (Å²) < 4.78 is 10.9. The molecule has 0 spiro atoms. The largest absolute Gasteiger partial charge is 0.455 e. The minimum absolute atomic E-state index is 0.0794. The van der Waals surface area contributed by atoms with Crippen molar-refractivity contribution in [2.75, 3.05) is 43.1 Å². The maximum absolute atomic E-state index is 13.0. The highest BCUT2D eigenvalue weighted by Crippen LogP contribution is 2.26. The van der Waals surface area contributed by atoms with Crippen molar-refractivity contribution >= 4 is 40.1 Å². The first-order chi connectivity index (χ1) is 19.1. The maximum Gasteiger partial charge on any atom is 0.355 e. The summed E-state index contributed by atoms with van der Waals surface area (Å²) in [4.78, 5) is 45.4. The van der Waals surface area contributed by atoms with Crippen molar-refractivity contribution in [3.8, 4) is 0 Å². The average Bonchev–Trinajstić information content (AvgIpc) is 3.59. The Hall–Kier alpha value is -3.73. The van der Waals surface area contributed by atoms with E-state index in [4.69, 9.17) is 15.2 Å². The first-order valence-electron chi connectivity index (χ1n) is 13.7. The SMILES string of the molecule is CC(C)(C)OC(=O)c1cc2c(NC(=O)[C@@H](N)Cc3ccc(N4CCN(C5CCOC5)CC4=O)cc3)cccc2[nH]1. The van der Waals surface area contributed by atoms with E-state index in [0.717, 1.165) is 30.8 Å². The minimum atomic E-state index is -0.788. The summed E-state index contributed by atoms with van der Waals surface area (Å²) in [7, 11) is 0. The number of rotatable bonds is 7. The van der Waals surface area contributed by atoms with Gasteiger partial charge in [0.25, 0.3) is 0 Å². The molecule has 5 rings (SSSR count). The third kappa shape index (κ3) is 6.35. The second-order valence-electron chi connectivity index (χ2n) is 11.5. The Bertz CT molecular complexity index is 1390. The number of carbonyl (C=O) groups excluding carboxylic acids is 3. The van der Waals surface area contributed by atoms with Gasteiger partial charge in [-0.3, -0.25) is 14.5 Å². The van der Waals surface area contributed by atoms with Crippen molar-refractivity contribution in [2.45, 2.75) is 51.3 Å². The molecule has 2 atom stereocenters. The molecule has 10 nitrogen and oxygen atoms in total. The molecular weight excluding hydrogens is 510 g/mol. The van der Waals surface area contributed by atoms with Gasteiger partial charge in [-0.05, 0) is 69.5 Å². The highest BCUT2D eigenvalue weighted by atomic mass is 16.6. The van der Waals surface area contributed by atoms with Crippen molar-refractivity contribution in [1.29, 1.82) is 0 Å². The maximum atomic E-state index is 13.0. The molecule has 3 aromatic rings. The first kappa shape index (κ1) is 27.8. The predicted molar refractivity (Wildman–Crippen MR) is 153 cm³/mol. The highest BCUT2D eigenvalue weighted by molar-refractivity contribution is 6.05. The molecular formula is C30H37N5O5. The van der Waals surface area contributed by atoms with Crippen molar-refractivity contribution in [2.24, 2.45) is 5.73 Å². The number of nitrogens with zero attached hydrogens (tertiary/aromatic N) is 2. The van der Waals surface area contributed by atoms with Gasteiger partial charge in [0.05, 0.1) is 24.9 Å². The van der Waals surface area contributed by atoms with Crippen LogP contribution < -0.4 is 16.0 Å². The quantitative estimate of drug-likeness (QED) is 0.388. The van der Waals surface area contributed by atoms with Crippen LogP contribution in [0.25, 0.3) is 10.9 Å². The Morgan fingerprint density at radius 3 is 2.62 bits per heavy atom. The third-order valence-electron chi connectivity index (χ3n) is 7.25. The van der Waals surface area contributed by atoms with Crippen molar-refractivity contribution in [3.63, 3.8) is 0 Å². The molecule has 1 unspecified atom stereocenters. The van der Waals surface area contributed by atoms with Crippen molar-refractivity contribution in [3.05, 3.63) is 59.8 Å². The minimum Gasteiger partial charge on any atom is -0.455 e. The molecule has 3 heterocycles. The normalized spacial score (nSPS) is 19.1. The Morgan fingerprint density at radius 1 is 1.18 bits per heavy atom. The fourth-order valence-electron chi connectivity index (χ4n) is 5.18. The van der Waals surface area contributed by atoms with E-state index in [9.17, 15) is 14.4 Å². The smallest absolute Gasteiger partial charge is 0.355 e. The Labute approximate surface area is 233 Å². The number of nitrogens with two attached hydrogens (primary N) is 1. The summed E-state index contributed by atoms with van der Waals surface area (Å²) in [5.41, 5.74) is 8.95. The monoisotopic (exact) mass is 547 g/mol. The van der Waals surface area contributed by atoms with E-state index in [-0.39, 0.29) is 11.8 Å². The van der Waals surface area contributed by atoms with Crippen LogP contribution in [0.3, 0.4) is 0 Å². The number of H-pyrrole nitrogens is 1. The van der Waals surface area contributed by atoms with Gasteiger partial charge in [-0.1, -0.05) is 18.2 Å². The standard InChI is InChI=1S/C30H37N5O5/c1-30(2,3)40-29(38)26-16-22-24(32-26)5-4-6-25(22)33-28(37)23(31)15-19-7-9-20(10-8-19)35-13-12-34(17-27(35)36)21-11-14-39-18-21/h4-10,16,21,23,32H,11-15,17-18,31H2,1-3H3,(H,33,37)/t21?,23-/m0/s1. The van der Waals surface area contributed by atoms with Gasteiger partial charge in [-0.25, -0.2) is 4.79 Å². The van der Waals surface area contributed by atoms with Crippen molar-refractivity contribution < 1.29 is 23.9 Å². The highest BCUT2D eigenvalue weighted by Gasteiger charge is 2.31. The summed E-state index contributed by atoms with van der Waals surface area (Å²) in [6, 6.07) is 14.2. The van der Waals surface area contributed by atoms with E-state index in [0.29, 0.717) is 54.4 Å². The van der Waals surface area contributed by atoms with E-state index >= 15 is 0 Å². The zero-order valence-corrected chi connectivity index (χ0v) is 23.2. The zero-order valence-electron chi connectivity index (χ0n) is 23.2. The lowest BCUT2D eigenvalue weighted by atomic mass is 10.0. The number of ether oxygens (including phenoxy) is 2. The molecule has 2 aromatic carbocycles. The molecule has 2 fully saturated rings. The van der Waals surface area contributed by atoms with Gasteiger partial charge in [0.2, 0.25) is 11.8 Å². The third-order valence-corrected chi connectivity index (χ3v) is 7.25. The molecule has 0 radical (unpaired) electrons. The molecule has 2 saturated heterocycles. The number of esters is 1. The second kappa shape index (κ2) is 11.4. The molecule has 0 saturated carbocycles. The molecule has 2 aliphatic heterocycles. The number of carbonyl (C=O) groups is 3. The molecule has 212 valence electrons. The van der Waals surface area contributed by atoms with Crippen LogP contribution in [0.1, 0.15) is 43.2 Å². The second-order valence-corrected chi connectivity index (χ2v) is 11.5. The topological polar surface area (TPSA) is 130 Å². The van der Waals surface area contributed by atoms with Crippen LogP contribution in [0.15, 0.2) is 48.5 Å². The predicted octanol–water partition coefficient (Wildman–Crippen LogP) is 3.07. The number of anilines is 2. The number of piperazine rings is 1. The van der Waals surface area contributed by atoms with E-state index in [2.05, 4.69) is 15.2 Å². The molecule has 40 heavy (non-hydrogen) atoms. The fourth-order valence-corrected chi connectivity index (χ4v) is 5.18. The van der Waals surface area contributed by atoms with E-state index in [1.54, 1.807) is 18.2 Å². The number of benzene rings is 2. The van der Waals surface area contributed by atoms with E-state index in [1.165, 1.54) is 0 Å². The molecule has 2 aliphatic rings. The Balaban J connectivity index is 1.19. The number of hydrogen-bond donors (Lipinski definition) is 3. The molecule has 4 N–H and O–H groups in total. The summed E-state index contributed by atoms with van der Waals surface area (Å²) in [6.07, 6.45) is 1.31. The van der Waals surface area contributed by atoms with Crippen molar-refractivity contribution in [1.82, 2.24) is 9.88 Å². The van der Waals surface area contributed by atoms with Crippen LogP contribution in [0.2, 0.25) is 0 Å². The molecule has 0 aliphatic carbocycles. The lowest BCUT2D eigenvalue weighted by molar-refractivity contribution is -0.122.